The number of benzene rings is 3. The number of ketones is 1. The molecular formula is C31H25BrN2O6. The number of amides is 3. The molecule has 40 heavy (non-hydrogen) atoms. The Labute approximate surface area is 239 Å². The lowest BCUT2D eigenvalue weighted by atomic mass is 9.82. The normalized spacial score (nSPS) is 18.1. The van der Waals surface area contributed by atoms with Gasteiger partial charge in [0.05, 0.1) is 23.1 Å². The van der Waals surface area contributed by atoms with E-state index in [0.29, 0.717) is 29.8 Å². The van der Waals surface area contributed by atoms with E-state index in [1.165, 1.54) is 23.1 Å². The molecular weight excluding hydrogens is 576 g/mol. The van der Waals surface area contributed by atoms with Crippen LogP contribution in [0.15, 0.2) is 88.9 Å². The molecule has 1 fully saturated rings. The van der Waals surface area contributed by atoms with E-state index in [0.717, 1.165) is 10.0 Å². The van der Waals surface area contributed by atoms with Crippen molar-refractivity contribution in [3.8, 4) is 0 Å². The second kappa shape index (κ2) is 11.4. The first kappa shape index (κ1) is 27.2. The molecule has 202 valence electrons. The molecule has 8 nitrogen and oxygen atoms in total. The second-order valence-corrected chi connectivity index (χ2v) is 10.7. The van der Waals surface area contributed by atoms with E-state index in [2.05, 4.69) is 21.2 Å². The summed E-state index contributed by atoms with van der Waals surface area (Å²) < 4.78 is 6.00. The van der Waals surface area contributed by atoms with Crippen LogP contribution in [0.4, 0.5) is 11.4 Å². The van der Waals surface area contributed by atoms with Crippen molar-refractivity contribution in [2.75, 3.05) is 16.8 Å². The average Bonchev–Trinajstić information content (AvgIpc) is 3.20. The molecule has 0 saturated carbocycles. The number of hydrogen-bond donors (Lipinski definition) is 1. The number of ether oxygens (including phenoxy) is 1. The first-order valence-corrected chi connectivity index (χ1v) is 13.5. The SMILES string of the molecule is CC1=CC[C@H]2C(=O)N(c3cccc(C(=O)Nc4cccc(C(=O)OCC(=O)c5ccc(Br)cc5)c4)c3)C(=O)[C@H]2C1. The summed E-state index contributed by atoms with van der Waals surface area (Å²) in [5, 5.41) is 2.73. The van der Waals surface area contributed by atoms with Gasteiger partial charge in [-0.2, -0.15) is 0 Å². The molecule has 9 heteroatoms. The smallest absolute Gasteiger partial charge is 0.338 e. The van der Waals surface area contributed by atoms with Gasteiger partial charge in [-0.25, -0.2) is 4.79 Å². The highest BCUT2D eigenvalue weighted by Crippen LogP contribution is 2.39. The van der Waals surface area contributed by atoms with Crippen molar-refractivity contribution in [2.45, 2.75) is 19.8 Å². The number of imide groups is 1. The molecule has 2 aliphatic rings. The van der Waals surface area contributed by atoms with Crippen molar-refractivity contribution < 1.29 is 28.7 Å². The van der Waals surface area contributed by atoms with Crippen molar-refractivity contribution >= 4 is 56.8 Å². The lowest BCUT2D eigenvalue weighted by Crippen LogP contribution is -2.31. The van der Waals surface area contributed by atoms with Gasteiger partial charge in [-0.3, -0.25) is 24.1 Å². The molecule has 0 aromatic heterocycles. The van der Waals surface area contributed by atoms with E-state index in [9.17, 15) is 24.0 Å². The molecule has 0 unspecified atom stereocenters. The van der Waals surface area contributed by atoms with Gasteiger partial charge < -0.3 is 10.1 Å². The van der Waals surface area contributed by atoms with E-state index >= 15 is 0 Å². The van der Waals surface area contributed by atoms with Crippen molar-refractivity contribution in [1.29, 1.82) is 0 Å². The fourth-order valence-corrected chi connectivity index (χ4v) is 5.20. The van der Waals surface area contributed by atoms with Gasteiger partial charge >= 0.3 is 5.97 Å². The summed E-state index contributed by atoms with van der Waals surface area (Å²) in [6, 6.07) is 19.2. The number of nitrogens with one attached hydrogen (secondary N) is 1. The Bertz CT molecular complexity index is 1560. The van der Waals surface area contributed by atoms with Crippen LogP contribution in [-0.2, 0) is 14.3 Å². The summed E-state index contributed by atoms with van der Waals surface area (Å²) in [5.41, 5.74) is 2.61. The van der Waals surface area contributed by atoms with Gasteiger partial charge in [0.2, 0.25) is 11.8 Å². The first-order chi connectivity index (χ1) is 19.2. The van der Waals surface area contributed by atoms with Crippen LogP contribution in [0.3, 0.4) is 0 Å². The maximum absolute atomic E-state index is 13.1. The van der Waals surface area contributed by atoms with Crippen LogP contribution in [-0.4, -0.2) is 36.1 Å². The molecule has 1 aliphatic heterocycles. The standard InChI is InChI=1S/C31H25BrN2O6/c1-18-8-13-25-26(14-18)30(38)34(29(25)37)24-7-3-4-20(16-24)28(36)33-23-6-2-5-21(15-23)31(39)40-17-27(35)19-9-11-22(32)12-10-19/h2-12,15-16,25-26H,13-14,17H2,1H3,(H,33,36)/t25-,26+/m1/s1. The number of carbonyl (C=O) groups excluding carboxylic acids is 5. The summed E-state index contributed by atoms with van der Waals surface area (Å²) >= 11 is 3.31. The fourth-order valence-electron chi connectivity index (χ4n) is 4.94. The Kier molecular flexibility index (Phi) is 7.75. The van der Waals surface area contributed by atoms with Crippen LogP contribution >= 0.6 is 15.9 Å². The largest absolute Gasteiger partial charge is 0.454 e. The van der Waals surface area contributed by atoms with Gasteiger partial charge in [0, 0.05) is 21.3 Å². The van der Waals surface area contributed by atoms with Crippen LogP contribution in [0.2, 0.25) is 0 Å². The highest BCUT2D eigenvalue weighted by molar-refractivity contribution is 9.10. The number of esters is 1. The number of anilines is 2. The van der Waals surface area contributed by atoms with E-state index < -0.39 is 18.5 Å². The third-order valence-corrected chi connectivity index (χ3v) is 7.57. The van der Waals surface area contributed by atoms with Crippen LogP contribution in [0.5, 0.6) is 0 Å². The van der Waals surface area contributed by atoms with Crippen molar-refractivity contribution in [3.63, 3.8) is 0 Å². The summed E-state index contributed by atoms with van der Waals surface area (Å²) in [4.78, 5) is 65.2. The zero-order valence-electron chi connectivity index (χ0n) is 21.6. The maximum atomic E-state index is 13.1. The minimum absolute atomic E-state index is 0.162. The third kappa shape index (κ3) is 5.65. The Morgan fingerprint density at radius 3 is 2.38 bits per heavy atom. The molecule has 1 N–H and O–H groups in total. The van der Waals surface area contributed by atoms with Crippen LogP contribution in [0.1, 0.15) is 50.8 Å². The summed E-state index contributed by atoms with van der Waals surface area (Å²) in [6.45, 7) is 1.54. The molecule has 1 aliphatic carbocycles. The van der Waals surface area contributed by atoms with Crippen molar-refractivity contribution in [2.24, 2.45) is 11.8 Å². The number of rotatable bonds is 7. The topological polar surface area (TPSA) is 110 Å². The van der Waals surface area contributed by atoms with Crippen LogP contribution in [0.25, 0.3) is 0 Å². The number of carbonyl (C=O) groups is 5. The number of fused-ring (bicyclic) bond motifs is 1. The zero-order chi connectivity index (χ0) is 28.4. The lowest BCUT2D eigenvalue weighted by molar-refractivity contribution is -0.122. The molecule has 2 atom stereocenters. The molecule has 5 rings (SSSR count). The molecule has 1 saturated heterocycles. The van der Waals surface area contributed by atoms with E-state index in [-0.39, 0.29) is 40.6 Å². The fraction of sp³-hybridized carbons (Fsp3) is 0.194. The Morgan fingerprint density at radius 2 is 1.60 bits per heavy atom. The molecule has 3 aromatic carbocycles. The van der Waals surface area contributed by atoms with E-state index in [4.69, 9.17) is 4.74 Å². The van der Waals surface area contributed by atoms with Crippen LogP contribution < -0.4 is 10.2 Å². The third-order valence-electron chi connectivity index (χ3n) is 7.05. The Balaban J connectivity index is 1.24. The summed E-state index contributed by atoms with van der Waals surface area (Å²) in [6.07, 6.45) is 3.10. The second-order valence-electron chi connectivity index (χ2n) is 9.81. The maximum Gasteiger partial charge on any atom is 0.338 e. The van der Waals surface area contributed by atoms with Gasteiger partial charge in [0.15, 0.2) is 12.4 Å². The highest BCUT2D eigenvalue weighted by Gasteiger charge is 2.48. The highest BCUT2D eigenvalue weighted by atomic mass is 79.9. The predicted molar refractivity (Wildman–Crippen MR) is 152 cm³/mol. The first-order valence-electron chi connectivity index (χ1n) is 12.7. The van der Waals surface area contributed by atoms with E-state index in [1.54, 1.807) is 54.6 Å². The minimum atomic E-state index is -0.708. The molecule has 3 aromatic rings. The minimum Gasteiger partial charge on any atom is -0.454 e. The molecule has 1 heterocycles. The Morgan fingerprint density at radius 1 is 0.900 bits per heavy atom. The van der Waals surface area contributed by atoms with Gasteiger partial charge in [-0.1, -0.05) is 51.8 Å². The number of nitrogens with zero attached hydrogens (tertiary/aromatic N) is 1. The van der Waals surface area contributed by atoms with Crippen LogP contribution in [0, 0.1) is 11.8 Å². The van der Waals surface area contributed by atoms with Gasteiger partial charge in [-0.15, -0.1) is 0 Å². The average molecular weight is 601 g/mol. The Hall–Kier alpha value is -4.37. The predicted octanol–water partition coefficient (Wildman–Crippen LogP) is 5.59. The van der Waals surface area contributed by atoms with Crippen molar-refractivity contribution in [1.82, 2.24) is 0 Å². The molecule has 0 bridgehead atoms. The van der Waals surface area contributed by atoms with Gasteiger partial charge in [0.25, 0.3) is 5.91 Å². The lowest BCUT2D eigenvalue weighted by Gasteiger charge is -2.18. The van der Waals surface area contributed by atoms with E-state index in [1.807, 2.05) is 13.0 Å². The number of allylic oxidation sites excluding steroid dienone is 2. The van der Waals surface area contributed by atoms with Gasteiger partial charge in [0.1, 0.15) is 0 Å². The number of halogens is 1. The zero-order valence-corrected chi connectivity index (χ0v) is 23.1. The molecule has 0 spiro atoms. The summed E-state index contributed by atoms with van der Waals surface area (Å²) in [7, 11) is 0. The monoisotopic (exact) mass is 600 g/mol. The number of hydrogen-bond acceptors (Lipinski definition) is 6. The summed E-state index contributed by atoms with van der Waals surface area (Å²) in [5.74, 6) is -2.77. The molecule has 3 amide bonds. The van der Waals surface area contributed by atoms with Gasteiger partial charge in [-0.05, 0) is 68.3 Å². The van der Waals surface area contributed by atoms with Crippen molar-refractivity contribution in [3.05, 3.63) is 106 Å². The quantitative estimate of drug-likeness (QED) is 0.164. The number of Topliss-reactive ketones (excluding diaryl/α,β-unsaturated/α-hetero) is 1. The molecule has 0 radical (unpaired) electrons.